The second-order valence-electron chi connectivity index (χ2n) is 10.2. The fourth-order valence-corrected chi connectivity index (χ4v) is 4.28. The number of piperidine rings is 1. The van der Waals surface area contributed by atoms with Crippen molar-refractivity contribution in [2.24, 2.45) is 5.92 Å². The zero-order chi connectivity index (χ0) is 24.6. The standard InChI is InChI=1S/C26H38N6O2/c1-26(2,3)21-8-10-22(11-9-21)30-25(34)29-12-6-15-31(4)18-20-7-5-16-32(19-20)24(33)23-17-27-13-14-28-23/h8-11,13-14,17,20H,5-7,12,15-16,18-19H2,1-4H3,(H2,29,30,34). The molecule has 184 valence electrons. The molecule has 0 aliphatic carbocycles. The molecule has 1 unspecified atom stereocenters. The van der Waals surface area contributed by atoms with Crippen molar-refractivity contribution < 1.29 is 9.59 Å². The third-order valence-electron chi connectivity index (χ3n) is 6.17. The SMILES string of the molecule is CN(CCCNC(=O)Nc1ccc(C(C)(C)C)cc1)CC1CCCN(C(=O)c2cnccn2)C1. The third kappa shape index (κ3) is 7.80. The van der Waals surface area contributed by atoms with Gasteiger partial charge in [-0.3, -0.25) is 9.78 Å². The molecule has 0 radical (unpaired) electrons. The molecule has 8 heteroatoms. The zero-order valence-electron chi connectivity index (χ0n) is 20.9. The van der Waals surface area contributed by atoms with Gasteiger partial charge in [-0.15, -0.1) is 0 Å². The van der Waals surface area contributed by atoms with Crippen molar-refractivity contribution >= 4 is 17.6 Å². The zero-order valence-corrected chi connectivity index (χ0v) is 20.9. The summed E-state index contributed by atoms with van der Waals surface area (Å²) in [6, 6.07) is 7.80. The summed E-state index contributed by atoms with van der Waals surface area (Å²) in [7, 11) is 2.10. The maximum Gasteiger partial charge on any atom is 0.319 e. The lowest BCUT2D eigenvalue weighted by Gasteiger charge is -2.34. The number of nitrogens with zero attached hydrogens (tertiary/aromatic N) is 4. The van der Waals surface area contributed by atoms with Crippen LogP contribution in [0.3, 0.4) is 0 Å². The number of anilines is 1. The first-order valence-corrected chi connectivity index (χ1v) is 12.1. The fourth-order valence-electron chi connectivity index (χ4n) is 4.28. The van der Waals surface area contributed by atoms with Crippen LogP contribution in [0.4, 0.5) is 10.5 Å². The predicted octanol–water partition coefficient (Wildman–Crippen LogP) is 3.77. The highest BCUT2D eigenvalue weighted by Gasteiger charge is 2.26. The normalized spacial score (nSPS) is 16.4. The van der Waals surface area contributed by atoms with E-state index in [9.17, 15) is 9.59 Å². The van der Waals surface area contributed by atoms with E-state index in [1.54, 1.807) is 12.4 Å². The van der Waals surface area contributed by atoms with Gasteiger partial charge < -0.3 is 20.4 Å². The highest BCUT2D eigenvalue weighted by molar-refractivity contribution is 5.92. The maximum absolute atomic E-state index is 12.7. The van der Waals surface area contributed by atoms with Gasteiger partial charge in [-0.2, -0.15) is 0 Å². The molecular formula is C26H38N6O2. The second kappa shape index (κ2) is 11.9. The number of hydrogen-bond acceptors (Lipinski definition) is 5. The average Bonchev–Trinajstić information content (AvgIpc) is 2.82. The van der Waals surface area contributed by atoms with Crippen LogP contribution in [0.5, 0.6) is 0 Å². The van der Waals surface area contributed by atoms with Crippen molar-refractivity contribution in [3.8, 4) is 0 Å². The van der Waals surface area contributed by atoms with Crippen molar-refractivity contribution in [2.75, 3.05) is 45.1 Å². The fraction of sp³-hybridized carbons (Fsp3) is 0.538. The lowest BCUT2D eigenvalue weighted by atomic mass is 9.87. The van der Waals surface area contributed by atoms with Crippen molar-refractivity contribution in [3.05, 3.63) is 54.1 Å². The number of nitrogens with one attached hydrogen (secondary N) is 2. The van der Waals surface area contributed by atoms with Gasteiger partial charge in [-0.25, -0.2) is 9.78 Å². The molecule has 0 spiro atoms. The third-order valence-corrected chi connectivity index (χ3v) is 6.17. The van der Waals surface area contributed by atoms with Crippen LogP contribution in [-0.4, -0.2) is 71.5 Å². The number of rotatable bonds is 8. The molecule has 1 aliphatic heterocycles. The van der Waals surface area contributed by atoms with E-state index in [1.165, 1.54) is 11.8 Å². The van der Waals surface area contributed by atoms with Crippen molar-refractivity contribution in [1.29, 1.82) is 0 Å². The summed E-state index contributed by atoms with van der Waals surface area (Å²) < 4.78 is 0. The number of aromatic nitrogens is 2. The largest absolute Gasteiger partial charge is 0.338 e. The van der Waals surface area contributed by atoms with Gasteiger partial charge in [-0.05, 0) is 61.9 Å². The molecular weight excluding hydrogens is 428 g/mol. The van der Waals surface area contributed by atoms with Crippen LogP contribution >= 0.6 is 0 Å². The van der Waals surface area contributed by atoms with E-state index in [4.69, 9.17) is 0 Å². The molecule has 3 amide bonds. The molecule has 1 atom stereocenters. The number of benzene rings is 1. The van der Waals surface area contributed by atoms with Crippen LogP contribution in [-0.2, 0) is 5.41 Å². The summed E-state index contributed by atoms with van der Waals surface area (Å²) in [5.41, 5.74) is 2.53. The Labute approximate surface area is 203 Å². The molecule has 34 heavy (non-hydrogen) atoms. The quantitative estimate of drug-likeness (QED) is 0.578. The number of urea groups is 1. The molecule has 2 aromatic rings. The van der Waals surface area contributed by atoms with E-state index in [2.05, 4.69) is 65.5 Å². The van der Waals surface area contributed by atoms with Crippen LogP contribution in [0.15, 0.2) is 42.9 Å². The van der Waals surface area contributed by atoms with E-state index in [1.807, 2.05) is 17.0 Å². The number of carbonyl (C=O) groups excluding carboxylic acids is 2. The summed E-state index contributed by atoms with van der Waals surface area (Å²) in [4.78, 5) is 37.2. The summed E-state index contributed by atoms with van der Waals surface area (Å²) in [5.74, 6) is 0.399. The number of likely N-dealkylation sites (tertiary alicyclic amines) is 1. The summed E-state index contributed by atoms with van der Waals surface area (Å²) >= 11 is 0. The Morgan fingerprint density at radius 3 is 2.62 bits per heavy atom. The van der Waals surface area contributed by atoms with Gasteiger partial charge in [0.05, 0.1) is 6.20 Å². The Kier molecular flexibility index (Phi) is 8.98. The topological polar surface area (TPSA) is 90.5 Å². The minimum atomic E-state index is -0.184. The Morgan fingerprint density at radius 2 is 1.94 bits per heavy atom. The van der Waals surface area contributed by atoms with Crippen LogP contribution in [0.25, 0.3) is 0 Å². The minimum Gasteiger partial charge on any atom is -0.338 e. The van der Waals surface area contributed by atoms with E-state index in [0.29, 0.717) is 18.2 Å². The van der Waals surface area contributed by atoms with E-state index < -0.39 is 0 Å². The number of hydrogen-bond donors (Lipinski definition) is 2. The lowest BCUT2D eigenvalue weighted by molar-refractivity contribution is 0.0642. The predicted molar refractivity (Wildman–Crippen MR) is 135 cm³/mol. The van der Waals surface area contributed by atoms with Gasteiger partial charge in [0.15, 0.2) is 0 Å². The molecule has 8 nitrogen and oxygen atoms in total. The molecule has 2 N–H and O–H groups in total. The molecule has 1 fully saturated rings. The van der Waals surface area contributed by atoms with Gasteiger partial charge in [0, 0.05) is 44.3 Å². The molecule has 1 aromatic carbocycles. The first-order valence-electron chi connectivity index (χ1n) is 12.1. The Balaban J connectivity index is 1.33. The second-order valence-corrected chi connectivity index (χ2v) is 10.2. The first kappa shape index (κ1) is 25.6. The van der Waals surface area contributed by atoms with Gasteiger partial charge in [0.2, 0.25) is 0 Å². The lowest BCUT2D eigenvalue weighted by Crippen LogP contribution is -2.43. The Morgan fingerprint density at radius 1 is 1.18 bits per heavy atom. The molecule has 1 aromatic heterocycles. The molecule has 1 saturated heterocycles. The summed E-state index contributed by atoms with van der Waals surface area (Å²) in [6.45, 7) is 10.4. The Hall–Kier alpha value is -3.00. The smallest absolute Gasteiger partial charge is 0.319 e. The first-order chi connectivity index (χ1) is 16.2. The van der Waals surface area contributed by atoms with Crippen LogP contribution in [0, 0.1) is 5.92 Å². The van der Waals surface area contributed by atoms with E-state index >= 15 is 0 Å². The van der Waals surface area contributed by atoms with Gasteiger partial charge in [-0.1, -0.05) is 32.9 Å². The monoisotopic (exact) mass is 466 g/mol. The van der Waals surface area contributed by atoms with Crippen LogP contribution in [0.1, 0.15) is 56.1 Å². The van der Waals surface area contributed by atoms with Crippen molar-refractivity contribution in [1.82, 2.24) is 25.1 Å². The van der Waals surface area contributed by atoms with Crippen LogP contribution in [0.2, 0.25) is 0 Å². The van der Waals surface area contributed by atoms with Gasteiger partial charge in [0.1, 0.15) is 5.69 Å². The average molecular weight is 467 g/mol. The summed E-state index contributed by atoms with van der Waals surface area (Å²) in [5, 5.41) is 5.83. The molecule has 0 saturated carbocycles. The van der Waals surface area contributed by atoms with Crippen molar-refractivity contribution in [3.63, 3.8) is 0 Å². The number of amides is 3. The Bertz CT molecular complexity index is 927. The van der Waals surface area contributed by atoms with Crippen LogP contribution < -0.4 is 10.6 Å². The van der Waals surface area contributed by atoms with E-state index in [-0.39, 0.29) is 17.4 Å². The highest BCUT2D eigenvalue weighted by atomic mass is 16.2. The minimum absolute atomic E-state index is 0.0382. The maximum atomic E-state index is 12.7. The summed E-state index contributed by atoms with van der Waals surface area (Å²) in [6.07, 6.45) is 7.64. The van der Waals surface area contributed by atoms with E-state index in [0.717, 1.165) is 51.1 Å². The van der Waals surface area contributed by atoms with Gasteiger partial charge in [0.25, 0.3) is 5.91 Å². The molecule has 2 heterocycles. The molecule has 1 aliphatic rings. The van der Waals surface area contributed by atoms with Gasteiger partial charge >= 0.3 is 6.03 Å². The number of carbonyl (C=O) groups is 2. The highest BCUT2D eigenvalue weighted by Crippen LogP contribution is 2.23. The molecule has 0 bridgehead atoms. The van der Waals surface area contributed by atoms with Crippen molar-refractivity contribution in [2.45, 2.75) is 45.4 Å². The molecule has 3 rings (SSSR count).